The Morgan fingerprint density at radius 2 is 2.19 bits per heavy atom. The first kappa shape index (κ1) is 22.0. The van der Waals surface area contributed by atoms with E-state index in [0.717, 1.165) is 37.5 Å². The van der Waals surface area contributed by atoms with Crippen LogP contribution in [0.25, 0.3) is 0 Å². The number of methoxy groups -OCH3 is 1. The van der Waals surface area contributed by atoms with Crippen molar-refractivity contribution >= 4 is 5.96 Å². The van der Waals surface area contributed by atoms with Gasteiger partial charge in [-0.15, -0.1) is 6.58 Å². The van der Waals surface area contributed by atoms with Gasteiger partial charge in [0.2, 0.25) is 5.88 Å². The number of ether oxygens (including phenoxy) is 2. The quantitative estimate of drug-likeness (QED) is 0.253. The molecule has 26 heavy (non-hydrogen) atoms. The number of aromatic nitrogens is 1. The molecule has 0 amide bonds. The highest BCUT2D eigenvalue weighted by atomic mass is 16.5. The summed E-state index contributed by atoms with van der Waals surface area (Å²) in [5.41, 5.74) is 0.971. The lowest BCUT2D eigenvalue weighted by molar-refractivity contribution is 0.143. The standard InChI is InChI=1S/C20H34N4O2/c1-5-7-8-9-10-14-24(3)20(21-6-2)23-17-18-12-11-13-22-19(18)26-16-15-25-4/h5,11-13H,1,6-10,14-17H2,2-4H3,(H,21,23). The lowest BCUT2D eigenvalue weighted by Gasteiger charge is -2.22. The van der Waals surface area contributed by atoms with Crippen LogP contribution in [0.5, 0.6) is 5.88 Å². The van der Waals surface area contributed by atoms with Gasteiger partial charge in [0.25, 0.3) is 0 Å². The Balaban J connectivity index is 2.63. The summed E-state index contributed by atoms with van der Waals surface area (Å²) in [6.45, 7) is 9.21. The molecule has 0 saturated heterocycles. The number of hydrogen-bond acceptors (Lipinski definition) is 4. The van der Waals surface area contributed by atoms with Crippen molar-refractivity contribution in [3.05, 3.63) is 36.5 Å². The Labute approximate surface area is 158 Å². The number of hydrogen-bond donors (Lipinski definition) is 1. The van der Waals surface area contributed by atoms with Gasteiger partial charge in [0.15, 0.2) is 5.96 Å². The van der Waals surface area contributed by atoms with E-state index in [0.29, 0.717) is 25.6 Å². The second kappa shape index (κ2) is 14.1. The first-order chi connectivity index (χ1) is 12.7. The number of unbranched alkanes of at least 4 members (excludes halogenated alkanes) is 3. The van der Waals surface area contributed by atoms with Gasteiger partial charge in [0, 0.05) is 39.0 Å². The molecule has 6 nitrogen and oxygen atoms in total. The Hall–Kier alpha value is -2.08. The van der Waals surface area contributed by atoms with Gasteiger partial charge in [0.1, 0.15) is 6.61 Å². The first-order valence-electron chi connectivity index (χ1n) is 9.38. The fraction of sp³-hybridized carbons (Fsp3) is 0.600. The van der Waals surface area contributed by atoms with Crippen molar-refractivity contribution in [1.29, 1.82) is 0 Å². The van der Waals surface area contributed by atoms with Gasteiger partial charge in [-0.2, -0.15) is 0 Å². The molecular formula is C20H34N4O2. The van der Waals surface area contributed by atoms with Gasteiger partial charge in [-0.05, 0) is 32.3 Å². The second-order valence-electron chi connectivity index (χ2n) is 6.04. The fourth-order valence-corrected chi connectivity index (χ4v) is 2.45. The second-order valence-corrected chi connectivity index (χ2v) is 6.04. The van der Waals surface area contributed by atoms with Crippen LogP contribution in [0.1, 0.15) is 38.2 Å². The molecule has 0 saturated carbocycles. The van der Waals surface area contributed by atoms with E-state index < -0.39 is 0 Å². The number of guanidine groups is 1. The van der Waals surface area contributed by atoms with Gasteiger partial charge in [-0.3, -0.25) is 0 Å². The fourth-order valence-electron chi connectivity index (χ4n) is 2.45. The van der Waals surface area contributed by atoms with Gasteiger partial charge in [-0.1, -0.05) is 18.6 Å². The average Bonchev–Trinajstić information content (AvgIpc) is 2.66. The van der Waals surface area contributed by atoms with Crippen LogP contribution in [-0.2, 0) is 11.3 Å². The highest BCUT2D eigenvalue weighted by Gasteiger charge is 2.08. The smallest absolute Gasteiger partial charge is 0.218 e. The Kier molecular flexibility index (Phi) is 11.9. The third-order valence-corrected chi connectivity index (χ3v) is 3.87. The zero-order valence-electron chi connectivity index (χ0n) is 16.5. The minimum Gasteiger partial charge on any atom is -0.475 e. The molecule has 1 aromatic heterocycles. The van der Waals surface area contributed by atoms with E-state index in [1.165, 1.54) is 12.8 Å². The van der Waals surface area contributed by atoms with Crippen molar-refractivity contribution in [2.75, 3.05) is 40.5 Å². The maximum atomic E-state index is 5.69. The van der Waals surface area contributed by atoms with E-state index >= 15 is 0 Å². The summed E-state index contributed by atoms with van der Waals surface area (Å²) in [5.74, 6) is 1.53. The van der Waals surface area contributed by atoms with Gasteiger partial charge in [0.05, 0.1) is 13.2 Å². The SMILES string of the molecule is C=CCCCCCN(C)C(=NCc1cccnc1OCCOC)NCC. The number of aliphatic imine (C=N–C) groups is 1. The van der Waals surface area contributed by atoms with Crippen molar-refractivity contribution in [3.8, 4) is 5.88 Å². The van der Waals surface area contributed by atoms with Crippen LogP contribution in [0.3, 0.4) is 0 Å². The molecular weight excluding hydrogens is 328 g/mol. The van der Waals surface area contributed by atoms with Crippen LogP contribution in [-0.4, -0.2) is 56.3 Å². The number of allylic oxidation sites excluding steroid dienone is 1. The van der Waals surface area contributed by atoms with Crippen molar-refractivity contribution in [3.63, 3.8) is 0 Å². The monoisotopic (exact) mass is 362 g/mol. The van der Waals surface area contributed by atoms with E-state index in [4.69, 9.17) is 14.5 Å². The lowest BCUT2D eigenvalue weighted by atomic mass is 10.2. The van der Waals surface area contributed by atoms with Crippen molar-refractivity contribution in [2.45, 2.75) is 39.2 Å². The van der Waals surface area contributed by atoms with Crippen LogP contribution in [0.2, 0.25) is 0 Å². The summed E-state index contributed by atoms with van der Waals surface area (Å²) in [5, 5.41) is 3.36. The molecule has 0 fully saturated rings. The Morgan fingerprint density at radius 3 is 2.92 bits per heavy atom. The van der Waals surface area contributed by atoms with Crippen molar-refractivity contribution in [2.24, 2.45) is 4.99 Å². The van der Waals surface area contributed by atoms with E-state index in [1.807, 2.05) is 18.2 Å². The molecule has 146 valence electrons. The minimum atomic E-state index is 0.481. The van der Waals surface area contributed by atoms with Crippen LogP contribution >= 0.6 is 0 Å². The van der Waals surface area contributed by atoms with Crippen LogP contribution in [0.4, 0.5) is 0 Å². The Morgan fingerprint density at radius 1 is 1.35 bits per heavy atom. The summed E-state index contributed by atoms with van der Waals surface area (Å²) in [4.78, 5) is 11.2. The van der Waals surface area contributed by atoms with Crippen LogP contribution < -0.4 is 10.1 Å². The summed E-state index contributed by atoms with van der Waals surface area (Å²) < 4.78 is 10.7. The number of nitrogens with zero attached hydrogens (tertiary/aromatic N) is 3. The average molecular weight is 363 g/mol. The number of pyridine rings is 1. The molecule has 6 heteroatoms. The van der Waals surface area contributed by atoms with E-state index in [2.05, 4.69) is 35.8 Å². The van der Waals surface area contributed by atoms with E-state index in [9.17, 15) is 0 Å². The maximum Gasteiger partial charge on any atom is 0.218 e. The third-order valence-electron chi connectivity index (χ3n) is 3.87. The predicted molar refractivity (Wildman–Crippen MR) is 108 cm³/mol. The topological polar surface area (TPSA) is 59.0 Å². The summed E-state index contributed by atoms with van der Waals surface area (Å²) >= 11 is 0. The predicted octanol–water partition coefficient (Wildman–Crippen LogP) is 3.25. The minimum absolute atomic E-state index is 0.481. The molecule has 1 heterocycles. The van der Waals surface area contributed by atoms with E-state index in [1.54, 1.807) is 13.3 Å². The molecule has 0 bridgehead atoms. The summed E-state index contributed by atoms with van der Waals surface area (Å²) in [6.07, 6.45) is 8.35. The molecule has 0 aliphatic rings. The molecule has 0 radical (unpaired) electrons. The normalized spacial score (nSPS) is 11.3. The highest BCUT2D eigenvalue weighted by Crippen LogP contribution is 2.15. The molecule has 0 aliphatic heterocycles. The molecule has 1 N–H and O–H groups in total. The largest absolute Gasteiger partial charge is 0.475 e. The van der Waals surface area contributed by atoms with Gasteiger partial charge >= 0.3 is 0 Å². The van der Waals surface area contributed by atoms with Crippen LogP contribution in [0, 0.1) is 0 Å². The lowest BCUT2D eigenvalue weighted by Crippen LogP contribution is -2.39. The van der Waals surface area contributed by atoms with Crippen molar-refractivity contribution in [1.82, 2.24) is 15.2 Å². The molecule has 0 aromatic carbocycles. The van der Waals surface area contributed by atoms with Crippen LogP contribution in [0.15, 0.2) is 36.0 Å². The molecule has 1 aromatic rings. The number of nitrogens with one attached hydrogen (secondary N) is 1. The van der Waals surface area contributed by atoms with Crippen molar-refractivity contribution < 1.29 is 9.47 Å². The highest BCUT2D eigenvalue weighted by molar-refractivity contribution is 5.79. The first-order valence-corrected chi connectivity index (χ1v) is 9.38. The van der Waals surface area contributed by atoms with E-state index in [-0.39, 0.29) is 0 Å². The maximum absolute atomic E-state index is 5.69. The zero-order chi connectivity index (χ0) is 19.0. The van der Waals surface area contributed by atoms with Gasteiger partial charge < -0.3 is 19.7 Å². The van der Waals surface area contributed by atoms with Gasteiger partial charge in [-0.25, -0.2) is 9.98 Å². The third kappa shape index (κ3) is 8.85. The Bertz CT molecular complexity index is 534. The molecule has 0 aliphatic carbocycles. The summed E-state index contributed by atoms with van der Waals surface area (Å²) in [7, 11) is 3.73. The summed E-state index contributed by atoms with van der Waals surface area (Å²) in [6, 6.07) is 3.90. The number of rotatable bonds is 13. The molecule has 0 atom stereocenters. The zero-order valence-corrected chi connectivity index (χ0v) is 16.5. The molecule has 0 spiro atoms. The molecule has 0 unspecified atom stereocenters. The molecule has 1 rings (SSSR count).